The summed E-state index contributed by atoms with van der Waals surface area (Å²) in [6.07, 6.45) is 3.11. The minimum Gasteiger partial charge on any atom is -0.390 e. The Morgan fingerprint density at radius 2 is 2.25 bits per heavy atom. The Bertz CT molecular complexity index is 546. The van der Waals surface area contributed by atoms with E-state index in [1.165, 1.54) is 6.20 Å². The predicted molar refractivity (Wildman–Crippen MR) is 61.8 cm³/mol. The fourth-order valence-corrected chi connectivity index (χ4v) is 1.64. The van der Waals surface area contributed by atoms with Gasteiger partial charge in [-0.05, 0) is 32.0 Å². The first-order chi connectivity index (χ1) is 8.41. The normalized spacial score (nSPS) is 13.8. The molecule has 0 aliphatic heterocycles. The fourth-order valence-electron chi connectivity index (χ4n) is 1.64. The van der Waals surface area contributed by atoms with E-state index in [0.717, 1.165) is 5.69 Å². The maximum Gasteiger partial charge on any atom is 0.0859 e. The highest BCUT2D eigenvalue weighted by Gasteiger charge is 2.11. The highest BCUT2D eigenvalue weighted by Crippen LogP contribution is 2.24. The molecular weight excluding hydrogens is 202 g/mol. The lowest BCUT2D eigenvalue weighted by molar-refractivity contribution is 0.277. The Labute approximate surface area is 97.4 Å². The molecule has 0 unspecified atom stereocenters. The van der Waals surface area contributed by atoms with E-state index in [1.807, 2.05) is 13.8 Å². The third-order valence-electron chi connectivity index (χ3n) is 2.35. The Hall–Kier alpha value is -1.68. The van der Waals surface area contributed by atoms with E-state index in [0.29, 0.717) is 5.56 Å². The highest BCUT2D eigenvalue weighted by molar-refractivity contribution is 5.61. The predicted octanol–water partition coefficient (Wildman–Crippen LogP) is 2.02. The molecule has 84 valence electrons. The van der Waals surface area contributed by atoms with E-state index in [9.17, 15) is 5.11 Å². The standard InChI is InChI=1S/C12H15N3O/c1-9(2)15-12(5-7-14-15)10-4-3-6-13-11(10)8-16/h3-7,9,16H,8H2,1-2H3/i8D2. The second kappa shape index (κ2) is 4.45. The van der Waals surface area contributed by atoms with Crippen molar-refractivity contribution in [1.29, 1.82) is 0 Å². The van der Waals surface area contributed by atoms with Crippen LogP contribution in [0.1, 0.15) is 28.3 Å². The van der Waals surface area contributed by atoms with Gasteiger partial charge in [-0.15, -0.1) is 0 Å². The monoisotopic (exact) mass is 219 g/mol. The molecule has 4 nitrogen and oxygen atoms in total. The lowest BCUT2D eigenvalue weighted by Crippen LogP contribution is -2.06. The maximum atomic E-state index is 9.54. The summed E-state index contributed by atoms with van der Waals surface area (Å²) in [4.78, 5) is 3.94. The lowest BCUT2D eigenvalue weighted by atomic mass is 10.1. The van der Waals surface area contributed by atoms with E-state index in [-0.39, 0.29) is 11.7 Å². The molecule has 2 rings (SSSR count). The number of aromatic nitrogens is 3. The van der Waals surface area contributed by atoms with Crippen LogP contribution >= 0.6 is 0 Å². The van der Waals surface area contributed by atoms with Crippen molar-refractivity contribution in [1.82, 2.24) is 14.8 Å². The van der Waals surface area contributed by atoms with Crippen LogP contribution in [-0.4, -0.2) is 19.9 Å². The summed E-state index contributed by atoms with van der Waals surface area (Å²) in [5.41, 5.74) is 1.30. The van der Waals surface area contributed by atoms with Gasteiger partial charge in [-0.3, -0.25) is 9.67 Å². The smallest absolute Gasteiger partial charge is 0.0859 e. The molecule has 0 aliphatic carbocycles. The number of aliphatic hydroxyl groups is 1. The van der Waals surface area contributed by atoms with Gasteiger partial charge in [-0.1, -0.05) is 0 Å². The van der Waals surface area contributed by atoms with Crippen LogP contribution < -0.4 is 0 Å². The summed E-state index contributed by atoms with van der Waals surface area (Å²) in [5, 5.41) is 13.7. The quantitative estimate of drug-likeness (QED) is 0.859. The first-order valence-corrected chi connectivity index (χ1v) is 5.13. The molecule has 0 saturated carbocycles. The average molecular weight is 219 g/mol. The molecular formula is C12H15N3O. The van der Waals surface area contributed by atoms with Gasteiger partial charge in [-0.25, -0.2) is 0 Å². The van der Waals surface area contributed by atoms with Crippen molar-refractivity contribution in [3.05, 3.63) is 36.3 Å². The molecule has 0 atom stereocenters. The molecule has 2 aromatic heterocycles. The Kier molecular flexibility index (Phi) is 2.35. The fraction of sp³-hybridized carbons (Fsp3) is 0.333. The van der Waals surface area contributed by atoms with E-state index in [2.05, 4.69) is 10.1 Å². The van der Waals surface area contributed by atoms with Crippen molar-refractivity contribution < 1.29 is 7.85 Å². The molecule has 0 aromatic carbocycles. The zero-order valence-electron chi connectivity index (χ0n) is 11.3. The molecule has 2 aromatic rings. The first kappa shape index (κ1) is 8.47. The van der Waals surface area contributed by atoms with E-state index in [1.54, 1.807) is 29.1 Å². The Morgan fingerprint density at radius 3 is 2.94 bits per heavy atom. The van der Waals surface area contributed by atoms with Crippen molar-refractivity contribution in [3.8, 4) is 11.3 Å². The van der Waals surface area contributed by atoms with Crippen LogP contribution in [0.25, 0.3) is 11.3 Å². The van der Waals surface area contributed by atoms with E-state index in [4.69, 9.17) is 2.74 Å². The minimum absolute atomic E-state index is 0.00685. The topological polar surface area (TPSA) is 50.9 Å². The van der Waals surface area contributed by atoms with Crippen LogP contribution in [0.15, 0.2) is 30.6 Å². The van der Waals surface area contributed by atoms with Gasteiger partial charge < -0.3 is 5.11 Å². The van der Waals surface area contributed by atoms with Crippen LogP contribution in [0.3, 0.4) is 0 Å². The number of hydrogen-bond acceptors (Lipinski definition) is 3. The van der Waals surface area contributed by atoms with Crippen molar-refractivity contribution >= 4 is 0 Å². The van der Waals surface area contributed by atoms with Crippen LogP contribution in [0.2, 0.25) is 0 Å². The zero-order valence-corrected chi connectivity index (χ0v) is 9.25. The summed E-state index contributed by atoms with van der Waals surface area (Å²) in [7, 11) is 0. The Morgan fingerprint density at radius 1 is 1.44 bits per heavy atom. The second-order valence-electron chi connectivity index (χ2n) is 3.77. The van der Waals surface area contributed by atoms with Crippen molar-refractivity contribution in [2.45, 2.75) is 26.4 Å². The van der Waals surface area contributed by atoms with Gasteiger partial charge in [0.05, 0.1) is 20.7 Å². The molecule has 0 radical (unpaired) electrons. The van der Waals surface area contributed by atoms with Gasteiger partial charge in [0.25, 0.3) is 0 Å². The van der Waals surface area contributed by atoms with Crippen molar-refractivity contribution in [3.63, 3.8) is 0 Å². The molecule has 0 fully saturated rings. The average Bonchev–Trinajstić information content (AvgIpc) is 2.76. The van der Waals surface area contributed by atoms with Gasteiger partial charge >= 0.3 is 0 Å². The van der Waals surface area contributed by atoms with E-state index < -0.39 is 6.56 Å². The van der Waals surface area contributed by atoms with Crippen LogP contribution in [0.4, 0.5) is 0 Å². The maximum absolute atomic E-state index is 9.54. The number of hydrogen-bond donors (Lipinski definition) is 1. The molecule has 4 heteroatoms. The van der Waals surface area contributed by atoms with Crippen LogP contribution in [-0.2, 0) is 6.56 Å². The van der Waals surface area contributed by atoms with E-state index >= 15 is 0 Å². The van der Waals surface area contributed by atoms with Crippen LogP contribution in [0.5, 0.6) is 0 Å². The summed E-state index contributed by atoms with van der Waals surface area (Å²) in [5.74, 6) is 0. The largest absolute Gasteiger partial charge is 0.390 e. The van der Waals surface area contributed by atoms with Gasteiger partial charge in [0, 0.05) is 24.0 Å². The molecule has 0 saturated heterocycles. The van der Waals surface area contributed by atoms with Gasteiger partial charge in [0.15, 0.2) is 0 Å². The molecule has 1 N–H and O–H groups in total. The third-order valence-corrected chi connectivity index (χ3v) is 2.35. The highest BCUT2D eigenvalue weighted by atomic mass is 16.3. The number of rotatable bonds is 3. The molecule has 2 heterocycles. The second-order valence-corrected chi connectivity index (χ2v) is 3.77. The molecule has 0 spiro atoms. The molecule has 0 bridgehead atoms. The van der Waals surface area contributed by atoms with Gasteiger partial charge in [0.1, 0.15) is 0 Å². The summed E-state index contributed by atoms with van der Waals surface area (Å²) in [6.45, 7) is 1.50. The molecule has 0 aliphatic rings. The number of nitrogens with zero attached hydrogens (tertiary/aromatic N) is 3. The van der Waals surface area contributed by atoms with Gasteiger partial charge in [-0.2, -0.15) is 5.10 Å². The molecule has 16 heavy (non-hydrogen) atoms. The lowest BCUT2D eigenvalue weighted by Gasteiger charge is -2.12. The van der Waals surface area contributed by atoms with Gasteiger partial charge in [0.2, 0.25) is 0 Å². The summed E-state index contributed by atoms with van der Waals surface area (Å²) < 4.78 is 16.6. The van der Waals surface area contributed by atoms with Crippen LogP contribution in [0, 0.1) is 0 Å². The van der Waals surface area contributed by atoms with Crippen molar-refractivity contribution in [2.24, 2.45) is 0 Å². The summed E-state index contributed by atoms with van der Waals surface area (Å²) in [6, 6.07) is 5.37. The molecule has 0 amide bonds. The minimum atomic E-state index is -2.47. The first-order valence-electron chi connectivity index (χ1n) is 6.13. The zero-order chi connectivity index (χ0) is 13.3. The van der Waals surface area contributed by atoms with Crippen molar-refractivity contribution in [2.75, 3.05) is 0 Å². The SMILES string of the molecule is [2H]C([2H])(O)c1ncccc1-c1ccnn1C(C)C. The summed E-state index contributed by atoms with van der Waals surface area (Å²) >= 11 is 0. The third kappa shape index (κ3) is 1.84. The number of pyridine rings is 1. The Balaban J connectivity index is 2.61.